The second-order valence-electron chi connectivity index (χ2n) is 6.54. The largest absolute Gasteiger partial charge is 0.541 e. The summed E-state index contributed by atoms with van der Waals surface area (Å²) in [6.45, 7) is 3.75. The Hall–Kier alpha value is -1.52. The monoisotopic (exact) mass is 397 g/mol. The quantitative estimate of drug-likeness (QED) is 0.464. The van der Waals surface area contributed by atoms with E-state index in [-0.39, 0.29) is 5.78 Å². The average molecular weight is 398 g/mol. The van der Waals surface area contributed by atoms with Crippen molar-refractivity contribution in [1.29, 1.82) is 0 Å². The van der Waals surface area contributed by atoms with E-state index in [1.54, 1.807) is 18.2 Å². The van der Waals surface area contributed by atoms with Crippen LogP contribution in [0, 0.1) is 0 Å². The van der Waals surface area contributed by atoms with Gasteiger partial charge in [-0.2, -0.15) is 0 Å². The number of benzene rings is 1. The van der Waals surface area contributed by atoms with Crippen LogP contribution in [0.25, 0.3) is 0 Å². The second kappa shape index (κ2) is 8.92. The van der Waals surface area contributed by atoms with Crippen LogP contribution in [-0.2, 0) is 14.9 Å². The van der Waals surface area contributed by atoms with Crippen LogP contribution in [0.2, 0.25) is 10.0 Å². The number of carbonyl (C=O) groups is 2. The number of hydrogen-bond donors (Lipinski definition) is 0. The van der Waals surface area contributed by atoms with E-state index in [1.165, 1.54) is 0 Å². The van der Waals surface area contributed by atoms with Crippen molar-refractivity contribution in [1.82, 2.24) is 0 Å². The van der Waals surface area contributed by atoms with Crippen LogP contribution in [0.15, 0.2) is 29.8 Å². The van der Waals surface area contributed by atoms with E-state index in [1.807, 2.05) is 19.9 Å². The molecule has 0 spiro atoms. The molecule has 0 heterocycles. The first-order valence-corrected chi connectivity index (χ1v) is 9.67. The molecule has 6 heteroatoms. The third kappa shape index (κ3) is 4.07. The molecule has 1 aromatic rings. The molecule has 2 unspecified atom stereocenters. The van der Waals surface area contributed by atoms with Gasteiger partial charge in [0.1, 0.15) is 5.78 Å². The minimum absolute atomic E-state index is 0.0919. The molecule has 1 aliphatic carbocycles. The summed E-state index contributed by atoms with van der Waals surface area (Å²) in [4.78, 5) is 24.7. The van der Waals surface area contributed by atoms with Crippen molar-refractivity contribution in [3.8, 4) is 0 Å². The molecular weight excluding hydrogens is 375 g/mol. The predicted molar refractivity (Wildman–Crippen MR) is 101 cm³/mol. The van der Waals surface area contributed by atoms with Gasteiger partial charge < -0.3 is 14.6 Å². The molecule has 0 saturated heterocycles. The number of carbonyl (C=O) groups excluding carboxylic acids is 2. The zero-order valence-electron chi connectivity index (χ0n) is 15.0. The highest BCUT2D eigenvalue weighted by Gasteiger charge is 2.47. The Morgan fingerprint density at radius 2 is 2.04 bits per heavy atom. The lowest BCUT2D eigenvalue weighted by molar-refractivity contribution is -0.288. The summed E-state index contributed by atoms with van der Waals surface area (Å²) < 4.78 is 5.22. The van der Waals surface area contributed by atoms with Gasteiger partial charge in [0.15, 0.2) is 0 Å². The molecule has 0 N–H and O–H groups in total. The van der Waals surface area contributed by atoms with Gasteiger partial charge in [-0.05, 0) is 49.8 Å². The van der Waals surface area contributed by atoms with E-state index < -0.39 is 17.7 Å². The SMILES string of the molecule is CCCC(=O)C(CC)(c1ccc(Cl)cc1Cl)C(OC(=O)[O-])C1=CCCC1. The minimum Gasteiger partial charge on any atom is -0.541 e. The molecule has 0 bridgehead atoms. The van der Waals surface area contributed by atoms with Crippen molar-refractivity contribution >= 4 is 35.1 Å². The van der Waals surface area contributed by atoms with E-state index in [2.05, 4.69) is 0 Å². The zero-order valence-corrected chi connectivity index (χ0v) is 16.5. The van der Waals surface area contributed by atoms with E-state index in [0.29, 0.717) is 41.3 Å². The predicted octanol–water partition coefficient (Wildman–Crippen LogP) is 4.85. The Morgan fingerprint density at radius 3 is 2.54 bits per heavy atom. The van der Waals surface area contributed by atoms with Crippen LogP contribution in [0.5, 0.6) is 0 Å². The van der Waals surface area contributed by atoms with Crippen LogP contribution in [0.3, 0.4) is 0 Å². The maximum Gasteiger partial charge on any atom is 0.252 e. The molecule has 0 amide bonds. The smallest absolute Gasteiger partial charge is 0.252 e. The van der Waals surface area contributed by atoms with Crippen LogP contribution in [0.1, 0.15) is 57.9 Å². The lowest BCUT2D eigenvalue weighted by atomic mass is 9.67. The topological polar surface area (TPSA) is 66.4 Å². The minimum atomic E-state index is -1.64. The molecule has 0 aromatic heterocycles. The van der Waals surface area contributed by atoms with E-state index in [4.69, 9.17) is 27.9 Å². The molecule has 0 saturated carbocycles. The van der Waals surface area contributed by atoms with Gasteiger partial charge in [0, 0.05) is 16.5 Å². The first-order chi connectivity index (χ1) is 12.4. The van der Waals surface area contributed by atoms with Gasteiger partial charge in [0.05, 0.1) is 11.5 Å². The molecule has 2 atom stereocenters. The van der Waals surface area contributed by atoms with Crippen molar-refractivity contribution < 1.29 is 19.4 Å². The van der Waals surface area contributed by atoms with Crippen molar-refractivity contribution in [3.63, 3.8) is 0 Å². The number of hydrogen-bond acceptors (Lipinski definition) is 4. The number of ether oxygens (including phenoxy) is 1. The molecule has 0 fully saturated rings. The maximum atomic E-state index is 13.3. The third-order valence-corrected chi connectivity index (χ3v) is 5.57. The van der Waals surface area contributed by atoms with Crippen LogP contribution in [0.4, 0.5) is 4.79 Å². The van der Waals surface area contributed by atoms with Gasteiger partial charge in [-0.3, -0.25) is 4.79 Å². The number of halogens is 2. The number of rotatable bonds is 8. The van der Waals surface area contributed by atoms with Crippen molar-refractivity contribution in [2.75, 3.05) is 0 Å². The summed E-state index contributed by atoms with van der Waals surface area (Å²) in [5.41, 5.74) is 0.156. The third-order valence-electron chi connectivity index (χ3n) is 5.02. The molecule has 26 heavy (non-hydrogen) atoms. The average Bonchev–Trinajstić information content (AvgIpc) is 3.10. The lowest BCUT2D eigenvalue weighted by Crippen LogP contribution is -2.51. The highest BCUT2D eigenvalue weighted by atomic mass is 35.5. The Morgan fingerprint density at radius 1 is 1.31 bits per heavy atom. The zero-order chi connectivity index (χ0) is 19.3. The van der Waals surface area contributed by atoms with Crippen molar-refractivity contribution in [2.24, 2.45) is 0 Å². The van der Waals surface area contributed by atoms with Gasteiger partial charge in [-0.25, -0.2) is 0 Å². The Bertz CT molecular complexity index is 714. The molecule has 1 aromatic carbocycles. The summed E-state index contributed by atoms with van der Waals surface area (Å²) >= 11 is 12.5. The highest BCUT2D eigenvalue weighted by molar-refractivity contribution is 6.35. The van der Waals surface area contributed by atoms with Gasteiger partial charge in [-0.1, -0.05) is 54.8 Å². The molecule has 0 radical (unpaired) electrons. The van der Waals surface area contributed by atoms with Gasteiger partial charge >= 0.3 is 0 Å². The summed E-state index contributed by atoms with van der Waals surface area (Å²) in [6.07, 6.45) is 3.08. The lowest BCUT2D eigenvalue weighted by Gasteiger charge is -2.43. The number of Topliss-reactive ketones (excluding diaryl/α,β-unsaturated/α-hetero) is 1. The van der Waals surface area contributed by atoms with Gasteiger partial charge in [0.25, 0.3) is 6.16 Å². The number of carboxylic acid groups (broad SMARTS) is 1. The normalized spacial score (nSPS) is 17.3. The molecule has 2 rings (SSSR count). The second-order valence-corrected chi connectivity index (χ2v) is 7.39. The fraction of sp³-hybridized carbons (Fsp3) is 0.500. The van der Waals surface area contributed by atoms with E-state index in [9.17, 15) is 14.7 Å². The maximum absolute atomic E-state index is 13.3. The van der Waals surface area contributed by atoms with Crippen LogP contribution in [-0.4, -0.2) is 18.0 Å². The Labute approximate surface area is 164 Å². The van der Waals surface area contributed by atoms with E-state index in [0.717, 1.165) is 18.4 Å². The highest BCUT2D eigenvalue weighted by Crippen LogP contribution is 2.44. The summed E-state index contributed by atoms with van der Waals surface area (Å²) in [6, 6.07) is 4.93. The fourth-order valence-corrected chi connectivity index (χ4v) is 4.41. The summed E-state index contributed by atoms with van der Waals surface area (Å²) in [7, 11) is 0. The standard InChI is InChI=1S/C20H24Cl2O4/c1-3-7-17(23)20(4-2,15-11-10-14(21)12-16(15)22)18(26-19(24)25)13-8-5-6-9-13/h8,10-12,18H,3-7,9H2,1-2H3,(H,24,25)/p-1. The van der Waals surface area contributed by atoms with E-state index >= 15 is 0 Å². The fourth-order valence-electron chi connectivity index (χ4n) is 3.83. The van der Waals surface area contributed by atoms with Gasteiger partial charge in [-0.15, -0.1) is 0 Å². The molecule has 0 aliphatic heterocycles. The van der Waals surface area contributed by atoms with Crippen molar-refractivity contribution in [3.05, 3.63) is 45.5 Å². The van der Waals surface area contributed by atoms with Crippen LogP contribution >= 0.6 is 23.2 Å². The summed E-state index contributed by atoms with van der Waals surface area (Å²) in [5.74, 6) is -0.0919. The molecule has 142 valence electrons. The molecule has 1 aliphatic rings. The van der Waals surface area contributed by atoms with Crippen molar-refractivity contribution in [2.45, 2.75) is 63.9 Å². The Kier molecular flexibility index (Phi) is 7.13. The Balaban J connectivity index is 2.70. The van der Waals surface area contributed by atoms with Gasteiger partial charge in [0.2, 0.25) is 0 Å². The number of allylic oxidation sites excluding steroid dienone is 1. The summed E-state index contributed by atoms with van der Waals surface area (Å²) in [5, 5.41) is 12.1. The molecular formula is C20H23Cl2O4-. The first kappa shape index (κ1) is 20.8. The van der Waals surface area contributed by atoms with Crippen LogP contribution < -0.4 is 5.11 Å². The first-order valence-electron chi connectivity index (χ1n) is 8.92. The number of ketones is 1. The molecule has 4 nitrogen and oxygen atoms in total.